The minimum Gasteiger partial charge on any atom is -0.328 e. The molecule has 1 aromatic rings. The third-order valence-corrected chi connectivity index (χ3v) is 5.52. The quantitative estimate of drug-likeness (QED) is 0.542. The molecule has 22 heavy (non-hydrogen) atoms. The van der Waals surface area contributed by atoms with Gasteiger partial charge in [-0.15, -0.1) is 0 Å². The van der Waals surface area contributed by atoms with Crippen LogP contribution in [0.5, 0.6) is 0 Å². The number of rotatable bonds is 11. The number of aryl methyl sites for hydroxylation is 3. The van der Waals surface area contributed by atoms with Crippen LogP contribution in [0.3, 0.4) is 0 Å². The molecule has 1 atom stereocenters. The normalized spacial score (nSPS) is 14.7. The lowest BCUT2D eigenvalue weighted by Gasteiger charge is -2.19. The van der Waals surface area contributed by atoms with E-state index in [0.717, 1.165) is 5.92 Å². The van der Waals surface area contributed by atoms with Crippen molar-refractivity contribution >= 4 is 0 Å². The summed E-state index contributed by atoms with van der Waals surface area (Å²) in [5.74, 6) is 0.839. The fourth-order valence-corrected chi connectivity index (χ4v) is 3.66. The first-order valence-corrected chi connectivity index (χ1v) is 9.59. The molecule has 0 radical (unpaired) electrons. The lowest BCUT2D eigenvalue weighted by Crippen LogP contribution is -2.23. The van der Waals surface area contributed by atoms with Gasteiger partial charge in [-0.2, -0.15) is 0 Å². The molecule has 0 amide bonds. The Labute approximate surface area is 137 Å². The second-order valence-electron chi connectivity index (χ2n) is 7.23. The Kier molecular flexibility index (Phi) is 7.45. The van der Waals surface area contributed by atoms with Crippen molar-refractivity contribution in [3.63, 3.8) is 0 Å². The Bertz CT molecular complexity index is 434. The average molecular weight is 302 g/mol. The molecule has 0 spiro atoms. The molecule has 0 aliphatic heterocycles. The molecule has 1 heteroatoms. The molecule has 1 unspecified atom stereocenters. The van der Waals surface area contributed by atoms with Crippen LogP contribution in [0.1, 0.15) is 81.9 Å². The van der Waals surface area contributed by atoms with Gasteiger partial charge in [-0.1, -0.05) is 64.2 Å². The van der Waals surface area contributed by atoms with Crippen LogP contribution in [0.15, 0.2) is 18.2 Å². The van der Waals surface area contributed by atoms with Crippen LogP contribution in [0, 0.1) is 5.92 Å². The van der Waals surface area contributed by atoms with E-state index in [-0.39, 0.29) is 0 Å². The molecular weight excluding hydrogens is 266 g/mol. The number of hydrogen-bond acceptors (Lipinski definition) is 1. The first-order chi connectivity index (χ1) is 10.7. The third-order valence-electron chi connectivity index (χ3n) is 5.52. The smallest absolute Gasteiger partial charge is 0.00414 e. The van der Waals surface area contributed by atoms with Crippen LogP contribution in [0.2, 0.25) is 0 Å². The molecule has 1 aromatic carbocycles. The average Bonchev–Trinajstić information content (AvgIpc) is 2.50. The summed E-state index contributed by atoms with van der Waals surface area (Å²) < 4.78 is 0. The van der Waals surface area contributed by atoms with Crippen LogP contribution >= 0.6 is 0 Å². The van der Waals surface area contributed by atoms with E-state index in [0.29, 0.717) is 6.04 Å². The van der Waals surface area contributed by atoms with Gasteiger partial charge in [-0.3, -0.25) is 0 Å². The minimum atomic E-state index is 0.429. The summed E-state index contributed by atoms with van der Waals surface area (Å²) in [5, 5.41) is 0. The maximum Gasteiger partial charge on any atom is 0.00414 e. The molecule has 0 saturated carbocycles. The van der Waals surface area contributed by atoms with Crippen molar-refractivity contribution in [1.82, 2.24) is 0 Å². The highest BCUT2D eigenvalue weighted by Gasteiger charge is 2.12. The zero-order chi connectivity index (χ0) is 15.8. The molecule has 1 aliphatic rings. The minimum absolute atomic E-state index is 0.429. The number of hydrogen-bond donors (Lipinski definition) is 1. The summed E-state index contributed by atoms with van der Waals surface area (Å²) in [6, 6.07) is 7.54. The third kappa shape index (κ3) is 5.43. The van der Waals surface area contributed by atoms with Gasteiger partial charge >= 0.3 is 0 Å². The standard InChI is InChI=1S/C21H35N/c1-3-17(4-2)16-21(22)10-8-6-5-7-9-18-11-12-19-13-14-20(19)15-18/h11-12,15,17,21H,3-10,13-14,16,22H2,1-2H3. The molecular formula is C21H35N. The van der Waals surface area contributed by atoms with Crippen LogP contribution in [-0.2, 0) is 19.3 Å². The molecule has 0 aromatic heterocycles. The Morgan fingerprint density at radius 1 is 0.955 bits per heavy atom. The zero-order valence-corrected chi connectivity index (χ0v) is 14.7. The highest BCUT2D eigenvalue weighted by atomic mass is 14.6. The SMILES string of the molecule is CCC(CC)CC(N)CCCCCCc1ccc2c(c1)CC2. The van der Waals surface area contributed by atoms with Crippen LogP contribution in [0.4, 0.5) is 0 Å². The van der Waals surface area contributed by atoms with Gasteiger partial charge in [0.05, 0.1) is 0 Å². The van der Waals surface area contributed by atoms with Crippen LogP contribution < -0.4 is 5.73 Å². The second-order valence-corrected chi connectivity index (χ2v) is 7.23. The van der Waals surface area contributed by atoms with E-state index in [4.69, 9.17) is 5.73 Å². The van der Waals surface area contributed by atoms with Crippen molar-refractivity contribution < 1.29 is 0 Å². The summed E-state index contributed by atoms with van der Waals surface area (Å²) in [5.41, 5.74) is 11.0. The summed E-state index contributed by atoms with van der Waals surface area (Å²) in [4.78, 5) is 0. The molecule has 0 saturated heterocycles. The summed E-state index contributed by atoms with van der Waals surface area (Å²) in [6.45, 7) is 4.58. The van der Waals surface area contributed by atoms with Gasteiger partial charge in [-0.05, 0) is 61.1 Å². The van der Waals surface area contributed by atoms with Gasteiger partial charge in [0.1, 0.15) is 0 Å². The summed E-state index contributed by atoms with van der Waals surface area (Å²) in [7, 11) is 0. The Hall–Kier alpha value is -0.820. The molecule has 2 rings (SSSR count). The van der Waals surface area contributed by atoms with Crippen molar-refractivity contribution in [2.45, 2.75) is 90.5 Å². The molecule has 1 aliphatic carbocycles. The summed E-state index contributed by atoms with van der Waals surface area (Å²) in [6.07, 6.45) is 14.2. The van der Waals surface area contributed by atoms with E-state index in [2.05, 4.69) is 32.0 Å². The fourth-order valence-electron chi connectivity index (χ4n) is 3.66. The van der Waals surface area contributed by atoms with E-state index in [1.54, 1.807) is 16.7 Å². The molecule has 2 N–H and O–H groups in total. The molecule has 124 valence electrons. The van der Waals surface area contributed by atoms with Crippen molar-refractivity contribution in [3.05, 3.63) is 34.9 Å². The Morgan fingerprint density at radius 2 is 1.68 bits per heavy atom. The van der Waals surface area contributed by atoms with E-state index < -0.39 is 0 Å². The highest BCUT2D eigenvalue weighted by molar-refractivity contribution is 5.38. The van der Waals surface area contributed by atoms with Gasteiger partial charge in [0.2, 0.25) is 0 Å². The van der Waals surface area contributed by atoms with E-state index in [9.17, 15) is 0 Å². The lowest BCUT2D eigenvalue weighted by atomic mass is 9.86. The van der Waals surface area contributed by atoms with Crippen LogP contribution in [0.25, 0.3) is 0 Å². The molecule has 0 fully saturated rings. The Balaban J connectivity index is 1.51. The summed E-state index contributed by atoms with van der Waals surface area (Å²) >= 11 is 0. The fraction of sp³-hybridized carbons (Fsp3) is 0.714. The van der Waals surface area contributed by atoms with Gasteiger partial charge in [0.25, 0.3) is 0 Å². The molecule has 1 nitrogen and oxygen atoms in total. The van der Waals surface area contributed by atoms with Crippen molar-refractivity contribution in [2.24, 2.45) is 11.7 Å². The van der Waals surface area contributed by atoms with Gasteiger partial charge in [0, 0.05) is 6.04 Å². The maximum atomic E-state index is 6.27. The number of nitrogens with two attached hydrogens (primary N) is 1. The predicted molar refractivity (Wildman–Crippen MR) is 97.3 cm³/mol. The second kappa shape index (κ2) is 9.35. The largest absolute Gasteiger partial charge is 0.328 e. The van der Waals surface area contributed by atoms with Gasteiger partial charge < -0.3 is 5.73 Å². The van der Waals surface area contributed by atoms with Crippen LogP contribution in [-0.4, -0.2) is 6.04 Å². The number of unbranched alkanes of at least 4 members (excludes halogenated alkanes) is 3. The van der Waals surface area contributed by atoms with Crippen molar-refractivity contribution in [1.29, 1.82) is 0 Å². The highest BCUT2D eigenvalue weighted by Crippen LogP contribution is 2.24. The molecule has 0 heterocycles. The number of benzene rings is 1. The van der Waals surface area contributed by atoms with Gasteiger partial charge in [-0.25, -0.2) is 0 Å². The predicted octanol–water partition coefficient (Wildman–Crippen LogP) is 5.43. The molecule has 0 bridgehead atoms. The Morgan fingerprint density at radius 3 is 2.32 bits per heavy atom. The van der Waals surface area contributed by atoms with Crippen molar-refractivity contribution in [2.75, 3.05) is 0 Å². The van der Waals surface area contributed by atoms with E-state index in [1.165, 1.54) is 70.6 Å². The first-order valence-electron chi connectivity index (χ1n) is 9.59. The number of fused-ring (bicyclic) bond motifs is 1. The maximum absolute atomic E-state index is 6.27. The lowest BCUT2D eigenvalue weighted by molar-refractivity contribution is 0.389. The monoisotopic (exact) mass is 301 g/mol. The van der Waals surface area contributed by atoms with Gasteiger partial charge in [0.15, 0.2) is 0 Å². The van der Waals surface area contributed by atoms with E-state index in [1.807, 2.05) is 0 Å². The first kappa shape index (κ1) is 17.5. The van der Waals surface area contributed by atoms with Crippen molar-refractivity contribution in [3.8, 4) is 0 Å². The van der Waals surface area contributed by atoms with E-state index >= 15 is 0 Å². The zero-order valence-electron chi connectivity index (χ0n) is 14.7. The topological polar surface area (TPSA) is 26.0 Å².